The summed E-state index contributed by atoms with van der Waals surface area (Å²) in [5.74, 6) is -0.316. The van der Waals surface area contributed by atoms with E-state index in [4.69, 9.17) is 32.4 Å². The lowest BCUT2D eigenvalue weighted by Gasteiger charge is -2.03. The standard InChI is InChI=1S/C19H14Cl2N2O4/c20-13-7-5-12(6-8-13)16(24)9-10-18(25)26-11-17-22-23-19(27-17)14-3-1-2-4-15(14)21/h1-8H,9-11H2. The largest absolute Gasteiger partial charge is 0.456 e. The Hall–Kier alpha value is -2.70. The zero-order chi connectivity index (χ0) is 19.2. The summed E-state index contributed by atoms with van der Waals surface area (Å²) in [6.45, 7) is -0.175. The number of halogens is 2. The van der Waals surface area contributed by atoms with Gasteiger partial charge in [-0.2, -0.15) is 0 Å². The van der Waals surface area contributed by atoms with Crippen molar-refractivity contribution in [2.24, 2.45) is 0 Å². The van der Waals surface area contributed by atoms with Gasteiger partial charge in [0.05, 0.1) is 17.0 Å². The minimum Gasteiger partial charge on any atom is -0.456 e. The number of carbonyl (C=O) groups excluding carboxylic acids is 2. The van der Waals surface area contributed by atoms with Crippen LogP contribution in [0.25, 0.3) is 11.5 Å². The predicted octanol–water partition coefficient (Wildman–Crippen LogP) is 4.75. The van der Waals surface area contributed by atoms with Crippen LogP contribution in [0, 0.1) is 0 Å². The highest BCUT2D eigenvalue weighted by atomic mass is 35.5. The Morgan fingerprint density at radius 2 is 1.70 bits per heavy atom. The van der Waals surface area contributed by atoms with Crippen molar-refractivity contribution in [1.82, 2.24) is 10.2 Å². The quantitative estimate of drug-likeness (QED) is 0.417. The first-order chi connectivity index (χ1) is 13.0. The van der Waals surface area contributed by atoms with Crippen LogP contribution in [0.2, 0.25) is 10.0 Å². The number of benzene rings is 2. The van der Waals surface area contributed by atoms with Gasteiger partial charge in [0.1, 0.15) is 0 Å². The average molecular weight is 405 g/mol. The lowest BCUT2D eigenvalue weighted by atomic mass is 10.1. The first-order valence-electron chi connectivity index (χ1n) is 8.04. The molecule has 3 rings (SSSR count). The average Bonchev–Trinajstić information content (AvgIpc) is 3.14. The number of carbonyl (C=O) groups is 2. The minimum atomic E-state index is -0.533. The fourth-order valence-electron chi connectivity index (χ4n) is 2.27. The number of hydrogen-bond donors (Lipinski definition) is 0. The Labute approximate surface area is 165 Å². The van der Waals surface area contributed by atoms with Crippen LogP contribution in [0.4, 0.5) is 0 Å². The molecule has 0 fully saturated rings. The smallest absolute Gasteiger partial charge is 0.306 e. The van der Waals surface area contributed by atoms with Crippen molar-refractivity contribution in [1.29, 1.82) is 0 Å². The predicted molar refractivity (Wildman–Crippen MR) is 99.6 cm³/mol. The van der Waals surface area contributed by atoms with E-state index in [1.54, 1.807) is 48.5 Å². The zero-order valence-corrected chi connectivity index (χ0v) is 15.5. The molecule has 0 N–H and O–H groups in total. The van der Waals surface area contributed by atoms with Crippen LogP contribution < -0.4 is 0 Å². The molecule has 0 atom stereocenters. The molecule has 0 aliphatic carbocycles. The first kappa shape index (κ1) is 19.1. The summed E-state index contributed by atoms with van der Waals surface area (Å²) in [5.41, 5.74) is 1.09. The van der Waals surface area contributed by atoms with Crippen molar-refractivity contribution >= 4 is 35.0 Å². The van der Waals surface area contributed by atoms with E-state index in [-0.39, 0.29) is 37.0 Å². The highest BCUT2D eigenvalue weighted by molar-refractivity contribution is 6.33. The maximum atomic E-state index is 12.0. The second kappa shape index (κ2) is 8.79. The van der Waals surface area contributed by atoms with Crippen LogP contribution in [0.1, 0.15) is 29.1 Å². The Bertz CT molecular complexity index is 954. The molecular weight excluding hydrogens is 391 g/mol. The molecule has 138 valence electrons. The summed E-state index contributed by atoms with van der Waals surface area (Å²) < 4.78 is 10.5. The maximum absolute atomic E-state index is 12.0. The van der Waals surface area contributed by atoms with Gasteiger partial charge in [0, 0.05) is 17.0 Å². The minimum absolute atomic E-state index is 0.0369. The van der Waals surface area contributed by atoms with E-state index >= 15 is 0 Å². The summed E-state index contributed by atoms with van der Waals surface area (Å²) >= 11 is 11.9. The van der Waals surface area contributed by atoms with Crippen LogP contribution in [-0.4, -0.2) is 21.9 Å². The lowest BCUT2D eigenvalue weighted by Crippen LogP contribution is -2.08. The molecule has 0 aliphatic rings. The highest BCUT2D eigenvalue weighted by Crippen LogP contribution is 2.26. The number of ketones is 1. The normalized spacial score (nSPS) is 10.6. The van der Waals surface area contributed by atoms with Crippen molar-refractivity contribution in [2.45, 2.75) is 19.4 Å². The van der Waals surface area contributed by atoms with E-state index in [9.17, 15) is 9.59 Å². The van der Waals surface area contributed by atoms with Crippen LogP contribution in [0.5, 0.6) is 0 Å². The van der Waals surface area contributed by atoms with Gasteiger partial charge >= 0.3 is 5.97 Å². The van der Waals surface area contributed by atoms with Gasteiger partial charge in [0.25, 0.3) is 5.89 Å². The Kier molecular flexibility index (Phi) is 6.21. The third kappa shape index (κ3) is 5.15. The van der Waals surface area contributed by atoms with E-state index in [2.05, 4.69) is 10.2 Å². The van der Waals surface area contributed by atoms with Gasteiger partial charge in [0.15, 0.2) is 12.4 Å². The SMILES string of the molecule is O=C(CCC(=O)c1ccc(Cl)cc1)OCc1nnc(-c2ccccc2Cl)o1. The molecule has 0 saturated carbocycles. The summed E-state index contributed by atoms with van der Waals surface area (Å²) in [5, 5.41) is 8.73. The van der Waals surface area contributed by atoms with Gasteiger partial charge in [-0.25, -0.2) is 0 Å². The summed E-state index contributed by atoms with van der Waals surface area (Å²) in [4.78, 5) is 23.9. The molecule has 0 amide bonds. The van der Waals surface area contributed by atoms with E-state index in [0.717, 1.165) is 0 Å². The second-order valence-electron chi connectivity index (χ2n) is 5.57. The fraction of sp³-hybridized carbons (Fsp3) is 0.158. The maximum Gasteiger partial charge on any atom is 0.306 e. The third-order valence-electron chi connectivity index (χ3n) is 3.65. The van der Waals surface area contributed by atoms with Crippen LogP contribution >= 0.6 is 23.2 Å². The molecule has 1 heterocycles. The van der Waals surface area contributed by atoms with E-state index in [1.165, 1.54) is 0 Å². The molecule has 0 aliphatic heterocycles. The molecule has 0 radical (unpaired) electrons. The fourth-order valence-corrected chi connectivity index (χ4v) is 2.61. The Balaban J connectivity index is 1.49. The number of ether oxygens (including phenoxy) is 1. The van der Waals surface area contributed by atoms with Gasteiger partial charge in [-0.15, -0.1) is 10.2 Å². The molecule has 0 spiro atoms. The second-order valence-corrected chi connectivity index (χ2v) is 6.42. The molecule has 6 nitrogen and oxygen atoms in total. The zero-order valence-electron chi connectivity index (χ0n) is 14.0. The highest BCUT2D eigenvalue weighted by Gasteiger charge is 2.14. The van der Waals surface area contributed by atoms with Gasteiger partial charge < -0.3 is 9.15 Å². The molecule has 27 heavy (non-hydrogen) atoms. The van der Waals surface area contributed by atoms with Crippen molar-refractivity contribution in [3.05, 3.63) is 70.0 Å². The van der Waals surface area contributed by atoms with E-state index < -0.39 is 5.97 Å². The van der Waals surface area contributed by atoms with E-state index in [1.807, 2.05) is 0 Å². The Morgan fingerprint density at radius 1 is 0.963 bits per heavy atom. The molecular formula is C19H14Cl2N2O4. The summed E-state index contributed by atoms with van der Waals surface area (Å²) in [7, 11) is 0. The Morgan fingerprint density at radius 3 is 2.44 bits per heavy atom. The number of rotatable bonds is 7. The number of hydrogen-bond acceptors (Lipinski definition) is 6. The van der Waals surface area contributed by atoms with Crippen molar-refractivity contribution < 1.29 is 18.7 Å². The number of aromatic nitrogens is 2. The van der Waals surface area contributed by atoms with Crippen LogP contribution in [0.3, 0.4) is 0 Å². The number of nitrogens with zero attached hydrogens (tertiary/aromatic N) is 2. The molecule has 0 unspecified atom stereocenters. The molecule has 8 heteroatoms. The molecule has 0 bridgehead atoms. The van der Waals surface area contributed by atoms with Gasteiger partial charge in [-0.1, -0.05) is 35.3 Å². The third-order valence-corrected chi connectivity index (χ3v) is 4.23. The first-order valence-corrected chi connectivity index (χ1v) is 8.80. The monoisotopic (exact) mass is 404 g/mol. The topological polar surface area (TPSA) is 82.3 Å². The van der Waals surface area contributed by atoms with Crippen molar-refractivity contribution in [3.8, 4) is 11.5 Å². The number of esters is 1. The number of Topliss-reactive ketones (excluding diaryl/α,β-unsaturated/α-hetero) is 1. The van der Waals surface area contributed by atoms with Gasteiger partial charge in [-0.3, -0.25) is 9.59 Å². The molecule has 1 aromatic heterocycles. The van der Waals surface area contributed by atoms with Crippen LogP contribution in [0.15, 0.2) is 52.9 Å². The molecule has 3 aromatic rings. The molecule has 0 saturated heterocycles. The lowest BCUT2D eigenvalue weighted by molar-refractivity contribution is -0.145. The van der Waals surface area contributed by atoms with Gasteiger partial charge in [-0.05, 0) is 36.4 Å². The van der Waals surface area contributed by atoms with Crippen molar-refractivity contribution in [3.63, 3.8) is 0 Å². The van der Waals surface area contributed by atoms with E-state index in [0.29, 0.717) is 21.2 Å². The summed E-state index contributed by atoms with van der Waals surface area (Å²) in [6, 6.07) is 13.5. The molecule has 2 aromatic carbocycles. The van der Waals surface area contributed by atoms with Gasteiger partial charge in [0.2, 0.25) is 5.89 Å². The van der Waals surface area contributed by atoms with Crippen molar-refractivity contribution in [2.75, 3.05) is 0 Å². The summed E-state index contributed by atoms with van der Waals surface area (Å²) in [6.07, 6.45) is -0.0118. The van der Waals surface area contributed by atoms with Crippen LogP contribution in [-0.2, 0) is 16.1 Å².